The van der Waals surface area contributed by atoms with Crippen LogP contribution in [0.3, 0.4) is 0 Å². The van der Waals surface area contributed by atoms with E-state index in [1.54, 1.807) is 7.05 Å². The van der Waals surface area contributed by atoms with E-state index in [0.717, 1.165) is 12.1 Å². The van der Waals surface area contributed by atoms with Crippen molar-refractivity contribution in [3.8, 4) is 5.75 Å². The minimum atomic E-state index is -1.02. The zero-order valence-corrected chi connectivity index (χ0v) is 8.16. The number of aromatic hydroxyl groups is 1. The SMILES string of the molecule is CNCCc1cc([N+](=O)[O-])c(F)cc1O. The standard InChI is InChI=1S/C9H11FN2O3/c1-11-3-2-6-4-8(12(14)15)7(10)5-9(6)13/h4-5,11,13H,2-3H2,1H3. The molecule has 0 saturated heterocycles. The van der Waals surface area contributed by atoms with Crippen LogP contribution in [0.1, 0.15) is 5.56 Å². The van der Waals surface area contributed by atoms with Crippen LogP contribution < -0.4 is 5.32 Å². The van der Waals surface area contributed by atoms with Crippen LogP contribution in [0.2, 0.25) is 0 Å². The Balaban J connectivity index is 3.06. The number of nitrogens with zero attached hydrogens (tertiary/aromatic N) is 1. The van der Waals surface area contributed by atoms with Gasteiger partial charge in [0.15, 0.2) is 0 Å². The number of rotatable bonds is 4. The highest BCUT2D eigenvalue weighted by molar-refractivity contribution is 5.44. The molecule has 1 aromatic rings. The third-order valence-corrected chi connectivity index (χ3v) is 1.99. The van der Waals surface area contributed by atoms with Crippen molar-refractivity contribution in [2.45, 2.75) is 6.42 Å². The van der Waals surface area contributed by atoms with Crippen molar-refractivity contribution in [3.63, 3.8) is 0 Å². The van der Waals surface area contributed by atoms with Crippen LogP contribution >= 0.6 is 0 Å². The predicted octanol–water partition coefficient (Wildman–Crippen LogP) is 1.20. The molecule has 5 nitrogen and oxygen atoms in total. The van der Waals surface area contributed by atoms with Gasteiger partial charge in [-0.05, 0) is 20.0 Å². The highest BCUT2D eigenvalue weighted by Gasteiger charge is 2.17. The maximum Gasteiger partial charge on any atom is 0.305 e. The molecule has 15 heavy (non-hydrogen) atoms. The topological polar surface area (TPSA) is 75.4 Å². The molecule has 0 spiro atoms. The molecule has 0 aliphatic heterocycles. The first-order valence-corrected chi connectivity index (χ1v) is 4.36. The van der Waals surface area contributed by atoms with Gasteiger partial charge in [0.2, 0.25) is 5.82 Å². The van der Waals surface area contributed by atoms with Gasteiger partial charge in [0, 0.05) is 17.7 Å². The van der Waals surface area contributed by atoms with Gasteiger partial charge in [-0.15, -0.1) is 0 Å². The zero-order chi connectivity index (χ0) is 11.4. The summed E-state index contributed by atoms with van der Waals surface area (Å²) in [6.45, 7) is 0.552. The third-order valence-electron chi connectivity index (χ3n) is 1.99. The van der Waals surface area contributed by atoms with E-state index in [9.17, 15) is 19.6 Å². The van der Waals surface area contributed by atoms with E-state index in [1.165, 1.54) is 0 Å². The van der Waals surface area contributed by atoms with Crippen molar-refractivity contribution in [2.24, 2.45) is 0 Å². The van der Waals surface area contributed by atoms with Gasteiger partial charge >= 0.3 is 5.69 Å². The third kappa shape index (κ3) is 2.63. The summed E-state index contributed by atoms with van der Waals surface area (Å²) in [6.07, 6.45) is 0.406. The number of phenolic OH excluding ortho intramolecular Hbond substituents is 1. The van der Waals surface area contributed by atoms with Crippen LogP contribution in [-0.4, -0.2) is 23.6 Å². The average Bonchev–Trinajstić information content (AvgIpc) is 2.16. The lowest BCUT2D eigenvalue weighted by molar-refractivity contribution is -0.387. The molecule has 0 aliphatic carbocycles. The first-order chi connectivity index (χ1) is 7.06. The fraction of sp³-hybridized carbons (Fsp3) is 0.333. The summed E-state index contributed by atoms with van der Waals surface area (Å²) in [5.41, 5.74) is -0.253. The van der Waals surface area contributed by atoms with Gasteiger partial charge in [-0.1, -0.05) is 0 Å². The molecular weight excluding hydrogens is 203 g/mol. The summed E-state index contributed by atoms with van der Waals surface area (Å²) in [6, 6.07) is 1.82. The van der Waals surface area contributed by atoms with E-state index in [4.69, 9.17) is 0 Å². The Labute approximate surface area is 85.7 Å². The first-order valence-electron chi connectivity index (χ1n) is 4.36. The molecule has 0 atom stereocenters. The average molecular weight is 214 g/mol. The minimum Gasteiger partial charge on any atom is -0.508 e. The van der Waals surface area contributed by atoms with Crippen LogP contribution in [0.15, 0.2) is 12.1 Å². The number of phenols is 1. The largest absolute Gasteiger partial charge is 0.508 e. The Morgan fingerprint density at radius 1 is 1.60 bits per heavy atom. The molecule has 1 aromatic carbocycles. The van der Waals surface area contributed by atoms with Gasteiger partial charge in [0.25, 0.3) is 0 Å². The first kappa shape index (κ1) is 11.4. The summed E-state index contributed by atoms with van der Waals surface area (Å²) in [5, 5.41) is 22.6. The lowest BCUT2D eigenvalue weighted by Gasteiger charge is -2.04. The Bertz CT molecular complexity index is 382. The smallest absolute Gasteiger partial charge is 0.305 e. The van der Waals surface area contributed by atoms with Crippen molar-refractivity contribution < 1.29 is 14.4 Å². The van der Waals surface area contributed by atoms with Gasteiger partial charge in [0.1, 0.15) is 5.75 Å². The van der Waals surface area contributed by atoms with Crippen LogP contribution in [0, 0.1) is 15.9 Å². The summed E-state index contributed by atoms with van der Waals surface area (Å²) >= 11 is 0. The van der Waals surface area contributed by atoms with E-state index in [0.29, 0.717) is 18.5 Å². The monoisotopic (exact) mass is 214 g/mol. The number of hydrogen-bond acceptors (Lipinski definition) is 4. The van der Waals surface area contributed by atoms with Crippen molar-refractivity contribution in [1.29, 1.82) is 0 Å². The number of nitro benzene ring substituents is 1. The zero-order valence-electron chi connectivity index (χ0n) is 8.16. The summed E-state index contributed by atoms with van der Waals surface area (Å²) in [4.78, 5) is 9.62. The lowest BCUT2D eigenvalue weighted by atomic mass is 10.1. The predicted molar refractivity (Wildman–Crippen MR) is 52.3 cm³/mol. The second-order valence-corrected chi connectivity index (χ2v) is 3.04. The minimum absolute atomic E-state index is 0.256. The van der Waals surface area contributed by atoms with Crippen LogP contribution in [0.25, 0.3) is 0 Å². The molecule has 0 amide bonds. The van der Waals surface area contributed by atoms with E-state index in [1.807, 2.05) is 0 Å². The van der Waals surface area contributed by atoms with Crippen LogP contribution in [-0.2, 0) is 6.42 Å². The van der Waals surface area contributed by atoms with Gasteiger partial charge in [-0.2, -0.15) is 4.39 Å². The Kier molecular flexibility index (Phi) is 3.56. The van der Waals surface area contributed by atoms with E-state index in [-0.39, 0.29) is 5.75 Å². The van der Waals surface area contributed by atoms with Gasteiger partial charge in [0.05, 0.1) is 4.92 Å². The van der Waals surface area contributed by atoms with Gasteiger partial charge < -0.3 is 10.4 Å². The molecule has 82 valence electrons. The number of hydrogen-bond donors (Lipinski definition) is 2. The van der Waals surface area contributed by atoms with E-state index >= 15 is 0 Å². The van der Waals surface area contributed by atoms with Gasteiger partial charge in [-0.25, -0.2) is 0 Å². The lowest BCUT2D eigenvalue weighted by Crippen LogP contribution is -2.10. The number of benzene rings is 1. The van der Waals surface area contributed by atoms with Crippen molar-refractivity contribution in [2.75, 3.05) is 13.6 Å². The number of nitro groups is 1. The second-order valence-electron chi connectivity index (χ2n) is 3.04. The maximum absolute atomic E-state index is 13.0. The Morgan fingerprint density at radius 3 is 2.80 bits per heavy atom. The van der Waals surface area contributed by atoms with Crippen LogP contribution in [0.4, 0.5) is 10.1 Å². The van der Waals surface area contributed by atoms with Crippen molar-refractivity contribution in [3.05, 3.63) is 33.6 Å². The van der Waals surface area contributed by atoms with Gasteiger partial charge in [-0.3, -0.25) is 10.1 Å². The molecule has 2 N–H and O–H groups in total. The molecule has 0 fully saturated rings. The molecule has 0 aliphatic rings. The Morgan fingerprint density at radius 2 is 2.27 bits per heavy atom. The summed E-state index contributed by atoms with van der Waals surface area (Å²) in [7, 11) is 1.72. The highest BCUT2D eigenvalue weighted by atomic mass is 19.1. The molecule has 1 rings (SSSR count). The Hall–Kier alpha value is -1.69. The molecule has 6 heteroatoms. The normalized spacial score (nSPS) is 10.3. The fourth-order valence-corrected chi connectivity index (χ4v) is 1.19. The highest BCUT2D eigenvalue weighted by Crippen LogP contribution is 2.26. The molecule has 0 radical (unpaired) electrons. The quantitative estimate of drug-likeness (QED) is 0.583. The summed E-state index contributed by atoms with van der Waals surface area (Å²) < 4.78 is 13.0. The fourth-order valence-electron chi connectivity index (χ4n) is 1.19. The van der Waals surface area contributed by atoms with E-state index in [2.05, 4.69) is 5.32 Å². The van der Waals surface area contributed by atoms with E-state index < -0.39 is 16.4 Å². The molecule has 0 bridgehead atoms. The summed E-state index contributed by atoms with van der Waals surface area (Å²) in [5.74, 6) is -1.28. The number of halogens is 1. The van der Waals surface area contributed by atoms with Crippen molar-refractivity contribution >= 4 is 5.69 Å². The number of likely N-dealkylation sites (N-methyl/N-ethyl adjacent to an activating group) is 1. The molecule has 0 saturated carbocycles. The maximum atomic E-state index is 13.0. The molecular formula is C9H11FN2O3. The second kappa shape index (κ2) is 4.70. The van der Waals surface area contributed by atoms with Crippen LogP contribution in [0.5, 0.6) is 5.75 Å². The molecule has 0 heterocycles. The molecule has 0 unspecified atom stereocenters. The molecule has 0 aromatic heterocycles. The van der Waals surface area contributed by atoms with Crippen molar-refractivity contribution in [1.82, 2.24) is 5.32 Å². The number of nitrogens with one attached hydrogen (secondary N) is 1.